The molecule has 0 saturated heterocycles. The zero-order chi connectivity index (χ0) is 14.5. The number of hydrogen-bond donors (Lipinski definition) is 0. The van der Waals surface area contributed by atoms with Crippen LogP contribution in [0, 0.1) is 0 Å². The number of amides is 4. The van der Waals surface area contributed by atoms with E-state index in [2.05, 4.69) is 0 Å². The minimum absolute atomic E-state index is 0.110. The predicted molar refractivity (Wildman–Crippen MR) is 63.6 cm³/mol. The van der Waals surface area contributed by atoms with E-state index in [-0.39, 0.29) is 38.5 Å². The fraction of sp³-hybridized carbons (Fsp3) is 0.333. The van der Waals surface area contributed by atoms with Gasteiger partial charge in [-0.1, -0.05) is 0 Å². The molecule has 0 saturated carbocycles. The lowest BCUT2D eigenvalue weighted by Crippen LogP contribution is -2.34. The highest BCUT2D eigenvalue weighted by molar-refractivity contribution is 6.13. The zero-order valence-corrected chi connectivity index (χ0v) is 10.5. The lowest BCUT2D eigenvalue weighted by Gasteiger charge is -2.15. The Balaban J connectivity index is 1.56. The molecule has 0 spiro atoms. The monoisotopic (exact) mass is 280 g/mol. The number of imide groups is 2. The Morgan fingerprint density at radius 1 is 0.750 bits per heavy atom. The van der Waals surface area contributed by atoms with Gasteiger partial charge in [0.1, 0.15) is 13.5 Å². The van der Waals surface area contributed by atoms with Gasteiger partial charge in [0, 0.05) is 24.3 Å². The molecule has 2 heterocycles. The first-order chi connectivity index (χ1) is 9.59. The average molecular weight is 280 g/mol. The first-order valence-corrected chi connectivity index (χ1v) is 5.82. The van der Waals surface area contributed by atoms with Crippen LogP contribution in [0.5, 0.6) is 0 Å². The molecule has 0 aromatic heterocycles. The van der Waals surface area contributed by atoms with Crippen LogP contribution in [0.3, 0.4) is 0 Å². The molecular weight excluding hydrogens is 268 g/mol. The van der Waals surface area contributed by atoms with Gasteiger partial charge in [-0.3, -0.25) is 29.0 Å². The van der Waals surface area contributed by atoms with E-state index in [1.807, 2.05) is 0 Å². The van der Waals surface area contributed by atoms with Crippen LogP contribution in [0.15, 0.2) is 24.3 Å². The van der Waals surface area contributed by atoms with E-state index in [1.54, 1.807) is 0 Å². The van der Waals surface area contributed by atoms with E-state index in [1.165, 1.54) is 12.2 Å². The Kier molecular flexibility index (Phi) is 4.38. The molecule has 0 aliphatic carbocycles. The molecule has 0 aromatic rings. The molecule has 2 aliphatic rings. The lowest BCUT2D eigenvalue weighted by molar-refractivity contribution is -0.151. The van der Waals surface area contributed by atoms with Gasteiger partial charge in [-0.15, -0.1) is 0 Å². The van der Waals surface area contributed by atoms with Crippen molar-refractivity contribution in [2.45, 2.75) is 0 Å². The second kappa shape index (κ2) is 6.22. The van der Waals surface area contributed by atoms with Crippen molar-refractivity contribution < 1.29 is 28.7 Å². The van der Waals surface area contributed by atoms with Crippen molar-refractivity contribution in [1.82, 2.24) is 9.80 Å². The molecule has 8 heteroatoms. The van der Waals surface area contributed by atoms with Gasteiger partial charge in [-0.25, -0.2) is 0 Å². The molecule has 0 aromatic carbocycles. The van der Waals surface area contributed by atoms with Crippen molar-refractivity contribution in [2.24, 2.45) is 0 Å². The van der Waals surface area contributed by atoms with E-state index in [0.29, 0.717) is 0 Å². The van der Waals surface area contributed by atoms with Gasteiger partial charge >= 0.3 is 0 Å². The fourth-order valence-electron chi connectivity index (χ4n) is 1.61. The summed E-state index contributed by atoms with van der Waals surface area (Å²) in [4.78, 5) is 46.7. The Labute approximate surface area is 114 Å². The highest BCUT2D eigenvalue weighted by atomic mass is 16.7. The van der Waals surface area contributed by atoms with Crippen LogP contribution in [-0.2, 0) is 28.7 Å². The first kappa shape index (κ1) is 14.1. The van der Waals surface area contributed by atoms with E-state index in [9.17, 15) is 19.2 Å². The summed E-state index contributed by atoms with van der Waals surface area (Å²) in [5, 5.41) is 0. The summed E-state index contributed by atoms with van der Waals surface area (Å²) in [7, 11) is 0. The zero-order valence-electron chi connectivity index (χ0n) is 10.5. The van der Waals surface area contributed by atoms with Crippen LogP contribution in [0.1, 0.15) is 0 Å². The number of rotatable bonds is 7. The molecule has 0 fully saturated rings. The van der Waals surface area contributed by atoms with E-state index < -0.39 is 11.8 Å². The maximum absolute atomic E-state index is 11.2. The summed E-state index contributed by atoms with van der Waals surface area (Å²) in [5.41, 5.74) is 0. The first-order valence-electron chi connectivity index (χ1n) is 5.82. The van der Waals surface area contributed by atoms with Crippen molar-refractivity contribution in [1.29, 1.82) is 0 Å². The van der Waals surface area contributed by atoms with E-state index >= 15 is 0 Å². The van der Waals surface area contributed by atoms with Gasteiger partial charge in [0.05, 0.1) is 13.2 Å². The summed E-state index contributed by atoms with van der Waals surface area (Å²) in [6.07, 6.45) is 4.70. The highest BCUT2D eigenvalue weighted by Gasteiger charge is 2.24. The Hall–Kier alpha value is -2.32. The third-order valence-electron chi connectivity index (χ3n) is 2.65. The van der Waals surface area contributed by atoms with Crippen LogP contribution >= 0.6 is 0 Å². The predicted octanol–water partition coefficient (Wildman–Crippen LogP) is -1.22. The molecule has 0 atom stereocenters. The van der Waals surface area contributed by atoms with Gasteiger partial charge in [0.15, 0.2) is 0 Å². The number of hydrogen-bond acceptors (Lipinski definition) is 6. The summed E-state index contributed by atoms with van der Waals surface area (Å²) in [6, 6.07) is 0. The Morgan fingerprint density at radius 2 is 1.25 bits per heavy atom. The molecular formula is C12H12N2O6. The van der Waals surface area contributed by atoms with Gasteiger partial charge in [-0.2, -0.15) is 0 Å². The maximum atomic E-state index is 11.2. The fourth-order valence-corrected chi connectivity index (χ4v) is 1.61. The van der Waals surface area contributed by atoms with E-state index in [0.717, 1.165) is 22.0 Å². The van der Waals surface area contributed by atoms with Crippen molar-refractivity contribution in [3.63, 3.8) is 0 Å². The van der Waals surface area contributed by atoms with Crippen LogP contribution in [0.25, 0.3) is 0 Å². The summed E-state index contributed by atoms with van der Waals surface area (Å²) >= 11 is 0. The molecule has 0 N–H and O–H groups in total. The van der Waals surface area contributed by atoms with Gasteiger partial charge in [0.25, 0.3) is 23.6 Å². The molecule has 8 nitrogen and oxygen atoms in total. The Morgan fingerprint density at radius 3 is 1.80 bits per heavy atom. The van der Waals surface area contributed by atoms with E-state index in [4.69, 9.17) is 9.47 Å². The van der Waals surface area contributed by atoms with Crippen molar-refractivity contribution >= 4 is 23.6 Å². The summed E-state index contributed by atoms with van der Waals surface area (Å²) in [6.45, 7) is -0.120. The third kappa shape index (κ3) is 3.16. The van der Waals surface area contributed by atoms with Crippen molar-refractivity contribution in [3.05, 3.63) is 24.3 Å². The molecule has 0 radical (unpaired) electrons. The Bertz CT molecular complexity index is 428. The van der Waals surface area contributed by atoms with Crippen molar-refractivity contribution in [2.75, 3.05) is 26.7 Å². The molecule has 20 heavy (non-hydrogen) atoms. The number of carbonyl (C=O) groups is 4. The molecule has 106 valence electrons. The SMILES string of the molecule is O=C1C=CC(=O)N1CCOCOCN1C(=O)C=CC1=O. The topological polar surface area (TPSA) is 93.2 Å². The minimum atomic E-state index is -0.436. The number of ether oxygens (including phenoxy) is 2. The molecule has 0 unspecified atom stereocenters. The molecule has 4 amide bonds. The average Bonchev–Trinajstić information content (AvgIpc) is 2.90. The molecule has 0 bridgehead atoms. The van der Waals surface area contributed by atoms with Crippen LogP contribution in [0.4, 0.5) is 0 Å². The minimum Gasteiger partial charge on any atom is -0.353 e. The third-order valence-corrected chi connectivity index (χ3v) is 2.65. The summed E-state index contributed by atoms with van der Waals surface area (Å²) < 4.78 is 10.1. The van der Waals surface area contributed by atoms with Gasteiger partial charge < -0.3 is 9.47 Å². The quantitative estimate of drug-likeness (QED) is 0.330. The highest BCUT2D eigenvalue weighted by Crippen LogP contribution is 2.04. The van der Waals surface area contributed by atoms with Crippen LogP contribution < -0.4 is 0 Å². The standard InChI is InChI=1S/C12H12N2O6/c15-9-1-2-10(16)13(9)5-6-19-8-20-7-14-11(17)3-4-12(14)18/h1-4H,5-8H2. The van der Waals surface area contributed by atoms with Gasteiger partial charge in [0.2, 0.25) is 0 Å². The largest absolute Gasteiger partial charge is 0.353 e. The van der Waals surface area contributed by atoms with Crippen molar-refractivity contribution in [3.8, 4) is 0 Å². The second-order valence-corrected chi connectivity index (χ2v) is 3.96. The smallest absolute Gasteiger partial charge is 0.255 e. The normalized spacial score (nSPS) is 18.0. The number of nitrogens with zero attached hydrogens (tertiary/aromatic N) is 2. The summed E-state index contributed by atoms with van der Waals surface area (Å²) in [5.74, 6) is -1.62. The lowest BCUT2D eigenvalue weighted by atomic mass is 10.5. The molecule has 2 aliphatic heterocycles. The molecule has 2 rings (SSSR count). The second-order valence-electron chi connectivity index (χ2n) is 3.96. The van der Waals surface area contributed by atoms with Crippen LogP contribution in [-0.4, -0.2) is 60.1 Å². The maximum Gasteiger partial charge on any atom is 0.255 e. The number of carbonyl (C=O) groups excluding carboxylic acids is 4. The van der Waals surface area contributed by atoms with Crippen LogP contribution in [0.2, 0.25) is 0 Å². The van der Waals surface area contributed by atoms with Gasteiger partial charge in [-0.05, 0) is 0 Å².